The van der Waals surface area contributed by atoms with Gasteiger partial charge in [0.15, 0.2) is 16.2 Å². The molecular weight excluding hydrogens is 336 g/mol. The summed E-state index contributed by atoms with van der Waals surface area (Å²) < 4.78 is 9.02. The highest BCUT2D eigenvalue weighted by atomic mass is 32.1. The number of benzene rings is 1. The van der Waals surface area contributed by atoms with E-state index in [-0.39, 0.29) is 27.3 Å². The van der Waals surface area contributed by atoms with Crippen molar-refractivity contribution in [3.8, 4) is 5.75 Å². The Morgan fingerprint density at radius 1 is 1.17 bits per heavy atom. The molecule has 0 bridgehead atoms. The first-order valence-electron chi connectivity index (χ1n) is 6.53. The fourth-order valence-electron chi connectivity index (χ4n) is 1.99. The molecule has 0 saturated heterocycles. The third-order valence-corrected chi connectivity index (χ3v) is 3.23. The Hall–Kier alpha value is -3.07. The van der Waals surface area contributed by atoms with Gasteiger partial charge in [0, 0.05) is 5.56 Å². The van der Waals surface area contributed by atoms with Gasteiger partial charge in [-0.25, -0.2) is 14.6 Å². The number of carbonyl (C=O) groups excluding carboxylic acids is 3. The van der Waals surface area contributed by atoms with Crippen LogP contribution >= 0.6 is 12.2 Å². The highest BCUT2D eigenvalue weighted by molar-refractivity contribution is 7.71. The lowest BCUT2D eigenvalue weighted by Crippen LogP contribution is -2.21. The van der Waals surface area contributed by atoms with Gasteiger partial charge >= 0.3 is 11.9 Å². The van der Waals surface area contributed by atoms with Gasteiger partial charge in [-0.15, -0.1) is 0 Å². The van der Waals surface area contributed by atoms with Crippen molar-refractivity contribution in [3.63, 3.8) is 0 Å². The summed E-state index contributed by atoms with van der Waals surface area (Å²) in [7, 11) is 2.21. The molecule has 8 nitrogen and oxygen atoms in total. The van der Waals surface area contributed by atoms with Gasteiger partial charge in [-0.2, -0.15) is 0 Å². The first-order chi connectivity index (χ1) is 11.4. The highest BCUT2D eigenvalue weighted by Gasteiger charge is 2.29. The van der Waals surface area contributed by atoms with E-state index in [0.717, 1.165) is 14.2 Å². The molecule has 1 aromatic carbocycles. The fourth-order valence-corrected chi connectivity index (χ4v) is 2.18. The summed E-state index contributed by atoms with van der Waals surface area (Å²) >= 11 is 4.87. The molecule has 0 aliphatic heterocycles. The smallest absolute Gasteiger partial charge is 0.357 e. The number of nitrogens with zero attached hydrogens (tertiary/aromatic N) is 1. The number of phenolic OH excluding ortho intramolecular Hbond substituents is 1. The summed E-state index contributed by atoms with van der Waals surface area (Å²) in [5, 5.41) is 9.53. The number of ether oxygens (including phenoxy) is 2. The second-order valence-corrected chi connectivity index (χ2v) is 4.89. The van der Waals surface area contributed by atoms with E-state index in [9.17, 15) is 19.5 Å². The Bertz CT molecular complexity index is 850. The summed E-state index contributed by atoms with van der Waals surface area (Å²) in [5.41, 5.74) is -1.06. The lowest BCUT2D eigenvalue weighted by Gasteiger charge is -2.11. The van der Waals surface area contributed by atoms with Crippen LogP contribution in [0.1, 0.15) is 36.9 Å². The van der Waals surface area contributed by atoms with E-state index in [1.165, 1.54) is 24.3 Å². The SMILES string of the molecule is COC(=O)c1nc(=S)[nH]c(C(=O)OC)c1C(=O)c1cccc(O)c1. The second kappa shape index (κ2) is 7.01. The molecule has 0 radical (unpaired) electrons. The molecule has 0 amide bonds. The van der Waals surface area contributed by atoms with Crippen molar-refractivity contribution in [1.82, 2.24) is 9.97 Å². The zero-order chi connectivity index (χ0) is 17.9. The number of aromatic nitrogens is 2. The molecule has 1 heterocycles. The zero-order valence-electron chi connectivity index (χ0n) is 12.7. The van der Waals surface area contributed by atoms with E-state index in [1.807, 2.05) is 0 Å². The van der Waals surface area contributed by atoms with E-state index in [2.05, 4.69) is 19.4 Å². The summed E-state index contributed by atoms with van der Waals surface area (Å²) in [6.07, 6.45) is 0. The molecule has 0 fully saturated rings. The van der Waals surface area contributed by atoms with E-state index in [0.29, 0.717) is 0 Å². The number of hydrogen-bond donors (Lipinski definition) is 2. The maximum atomic E-state index is 12.8. The average molecular weight is 348 g/mol. The van der Waals surface area contributed by atoms with E-state index in [4.69, 9.17) is 12.2 Å². The van der Waals surface area contributed by atoms with Crippen LogP contribution in [0, 0.1) is 4.77 Å². The molecule has 2 aromatic rings. The van der Waals surface area contributed by atoms with E-state index in [1.54, 1.807) is 0 Å². The second-order valence-electron chi connectivity index (χ2n) is 4.50. The highest BCUT2D eigenvalue weighted by Crippen LogP contribution is 2.20. The van der Waals surface area contributed by atoms with Gasteiger partial charge in [-0.3, -0.25) is 4.79 Å². The number of ketones is 1. The van der Waals surface area contributed by atoms with Crippen molar-refractivity contribution >= 4 is 29.9 Å². The lowest BCUT2D eigenvalue weighted by atomic mass is 9.99. The topological polar surface area (TPSA) is 119 Å². The van der Waals surface area contributed by atoms with Crippen molar-refractivity contribution < 1.29 is 29.0 Å². The van der Waals surface area contributed by atoms with Crippen LogP contribution < -0.4 is 0 Å². The summed E-state index contributed by atoms with van der Waals surface area (Å²) in [4.78, 5) is 42.9. The number of H-pyrrole nitrogens is 1. The van der Waals surface area contributed by atoms with Crippen LogP contribution in [0.3, 0.4) is 0 Å². The minimum atomic E-state index is -0.941. The molecule has 2 N–H and O–H groups in total. The Labute approximate surface area is 141 Å². The van der Waals surface area contributed by atoms with Crippen LogP contribution in [0.2, 0.25) is 0 Å². The van der Waals surface area contributed by atoms with E-state index < -0.39 is 23.4 Å². The Kier molecular flexibility index (Phi) is 5.05. The number of carbonyl (C=O) groups is 3. The van der Waals surface area contributed by atoms with Crippen LogP contribution in [0.15, 0.2) is 24.3 Å². The number of aromatic amines is 1. The third kappa shape index (κ3) is 3.30. The van der Waals surface area contributed by atoms with Crippen molar-refractivity contribution in [1.29, 1.82) is 0 Å². The minimum Gasteiger partial charge on any atom is -0.508 e. The molecule has 0 saturated carbocycles. The first-order valence-corrected chi connectivity index (χ1v) is 6.94. The summed E-state index contributed by atoms with van der Waals surface area (Å²) in [6, 6.07) is 5.41. The van der Waals surface area contributed by atoms with Gasteiger partial charge in [-0.1, -0.05) is 12.1 Å². The van der Waals surface area contributed by atoms with Crippen molar-refractivity contribution in [2.45, 2.75) is 0 Å². The van der Waals surface area contributed by atoms with Crippen LogP contribution in [0.25, 0.3) is 0 Å². The molecule has 24 heavy (non-hydrogen) atoms. The number of phenols is 1. The average Bonchev–Trinajstić information content (AvgIpc) is 2.58. The van der Waals surface area contributed by atoms with Gasteiger partial charge in [0.05, 0.1) is 19.8 Å². The maximum absolute atomic E-state index is 12.8. The molecule has 0 spiro atoms. The number of esters is 2. The Morgan fingerprint density at radius 3 is 2.42 bits per heavy atom. The molecule has 9 heteroatoms. The number of rotatable bonds is 4. The number of hydrogen-bond acceptors (Lipinski definition) is 8. The summed E-state index contributed by atoms with van der Waals surface area (Å²) in [6.45, 7) is 0. The fraction of sp³-hybridized carbons (Fsp3) is 0.133. The van der Waals surface area contributed by atoms with Gasteiger partial charge in [0.25, 0.3) is 0 Å². The van der Waals surface area contributed by atoms with Crippen LogP contribution in [0.5, 0.6) is 5.75 Å². The zero-order valence-corrected chi connectivity index (χ0v) is 13.5. The Morgan fingerprint density at radius 2 is 1.83 bits per heavy atom. The largest absolute Gasteiger partial charge is 0.508 e. The first kappa shape index (κ1) is 17.3. The van der Waals surface area contributed by atoms with Crippen molar-refractivity contribution in [2.24, 2.45) is 0 Å². The van der Waals surface area contributed by atoms with Gasteiger partial charge in [0.1, 0.15) is 11.4 Å². The van der Waals surface area contributed by atoms with Crippen LogP contribution in [-0.2, 0) is 9.47 Å². The number of methoxy groups -OCH3 is 2. The van der Waals surface area contributed by atoms with Crippen LogP contribution in [-0.4, -0.2) is 47.0 Å². The summed E-state index contributed by atoms with van der Waals surface area (Å²) in [5.74, 6) is -2.73. The van der Waals surface area contributed by atoms with Gasteiger partial charge in [0.2, 0.25) is 0 Å². The molecule has 0 aliphatic carbocycles. The monoisotopic (exact) mass is 348 g/mol. The number of aromatic hydroxyl groups is 1. The third-order valence-electron chi connectivity index (χ3n) is 3.04. The lowest BCUT2D eigenvalue weighted by molar-refractivity contribution is 0.0582. The standard InChI is InChI=1S/C15H12N2O6S/c1-22-13(20)10-9(11(14(21)23-2)17-15(24)16-10)12(19)7-4-3-5-8(18)6-7/h3-6,18H,1-2H3,(H,16,17,24). The normalized spacial score (nSPS) is 10.1. The minimum absolute atomic E-state index is 0.0395. The molecular formula is C15H12N2O6S. The van der Waals surface area contributed by atoms with Crippen LogP contribution in [0.4, 0.5) is 0 Å². The molecule has 124 valence electrons. The molecule has 0 unspecified atom stereocenters. The predicted octanol–water partition coefficient (Wildman–Crippen LogP) is 1.65. The number of nitrogens with one attached hydrogen (secondary N) is 1. The van der Waals surface area contributed by atoms with E-state index >= 15 is 0 Å². The van der Waals surface area contributed by atoms with Crippen molar-refractivity contribution in [3.05, 3.63) is 51.6 Å². The Balaban J connectivity index is 2.78. The quantitative estimate of drug-likeness (QED) is 0.486. The maximum Gasteiger partial charge on any atom is 0.357 e. The molecule has 2 rings (SSSR count). The molecule has 0 aliphatic rings. The van der Waals surface area contributed by atoms with Gasteiger partial charge in [-0.05, 0) is 24.4 Å². The van der Waals surface area contributed by atoms with Gasteiger partial charge < -0.3 is 19.6 Å². The van der Waals surface area contributed by atoms with Crippen molar-refractivity contribution in [2.75, 3.05) is 14.2 Å². The molecule has 0 atom stereocenters. The molecule has 1 aromatic heterocycles. The predicted molar refractivity (Wildman–Crippen MR) is 83.6 cm³/mol.